The van der Waals surface area contributed by atoms with Gasteiger partial charge in [-0.05, 0) is 52.9 Å². The van der Waals surface area contributed by atoms with Crippen LogP contribution in [0, 0.1) is 3.77 Å². The van der Waals surface area contributed by atoms with Crippen molar-refractivity contribution in [1.82, 2.24) is 4.90 Å². The van der Waals surface area contributed by atoms with Crippen molar-refractivity contribution in [1.29, 1.82) is 0 Å². The molecule has 3 rings (SSSR count). The number of hydrogen-bond acceptors (Lipinski definition) is 4. The third-order valence-electron chi connectivity index (χ3n) is 3.34. The summed E-state index contributed by atoms with van der Waals surface area (Å²) in [4.78, 5) is 39.1. The van der Waals surface area contributed by atoms with Gasteiger partial charge in [0.2, 0.25) is 0 Å². The molecule has 0 spiro atoms. The quantitative estimate of drug-likeness (QED) is 0.424. The fourth-order valence-electron chi connectivity index (χ4n) is 2.19. The number of rotatable bonds is 2. The summed E-state index contributed by atoms with van der Waals surface area (Å²) < 4.78 is 6.00. The molecule has 23 heavy (non-hydrogen) atoms. The number of likely N-dealkylation sites (N-methyl/N-ethyl adjacent to an activating group) is 1. The first kappa shape index (κ1) is 15.5. The topological polar surface area (TPSA) is 70.8 Å². The number of anilines is 1. The maximum Gasteiger partial charge on any atom is 0.338 e. The first-order valence-electron chi connectivity index (χ1n) is 6.67. The van der Waals surface area contributed by atoms with E-state index < -0.39 is 17.8 Å². The predicted molar refractivity (Wildman–Crippen MR) is 91.5 cm³/mol. The highest BCUT2D eigenvalue weighted by atomic mass is 127. The summed E-state index contributed by atoms with van der Waals surface area (Å²) in [6.45, 7) is 0. The summed E-state index contributed by atoms with van der Waals surface area (Å²) in [6, 6.07) is 11.2. The van der Waals surface area contributed by atoms with Gasteiger partial charge in [0.15, 0.2) is 3.77 Å². The highest BCUT2D eigenvalue weighted by Gasteiger charge is 2.41. The summed E-state index contributed by atoms with van der Waals surface area (Å²) in [6.07, 6.45) is 1.35. The summed E-state index contributed by atoms with van der Waals surface area (Å²) in [5.41, 5.74) is 0.281. The Bertz CT molecular complexity index is 826. The lowest BCUT2D eigenvalue weighted by Gasteiger charge is -2.31. The molecule has 0 N–H and O–H groups in total. The minimum atomic E-state index is -0.683. The predicted octanol–water partition coefficient (Wildman–Crippen LogP) is 2.89. The van der Waals surface area contributed by atoms with Crippen LogP contribution in [-0.4, -0.2) is 29.8 Å². The van der Waals surface area contributed by atoms with Crippen LogP contribution in [-0.2, 0) is 9.59 Å². The van der Waals surface area contributed by atoms with Crippen molar-refractivity contribution in [2.75, 3.05) is 11.9 Å². The van der Waals surface area contributed by atoms with E-state index in [2.05, 4.69) is 0 Å². The number of urea groups is 1. The second-order valence-corrected chi connectivity index (χ2v) is 5.89. The van der Waals surface area contributed by atoms with Crippen molar-refractivity contribution in [3.05, 3.63) is 57.6 Å². The molecular weight excluding hydrogens is 411 g/mol. The van der Waals surface area contributed by atoms with Crippen molar-refractivity contribution >= 4 is 52.2 Å². The third kappa shape index (κ3) is 2.79. The fourth-order valence-corrected chi connectivity index (χ4v) is 2.63. The van der Waals surface area contributed by atoms with Crippen LogP contribution >= 0.6 is 22.6 Å². The summed E-state index contributed by atoms with van der Waals surface area (Å²) in [7, 11) is 1.34. The van der Waals surface area contributed by atoms with Gasteiger partial charge in [-0.2, -0.15) is 0 Å². The van der Waals surface area contributed by atoms with Crippen molar-refractivity contribution in [3.8, 4) is 0 Å². The monoisotopic (exact) mass is 422 g/mol. The Balaban J connectivity index is 2.07. The molecule has 4 amide bonds. The fraction of sp³-hybridized carbons (Fsp3) is 0.0625. The number of nitrogens with zero attached hydrogens (tertiary/aromatic N) is 2. The number of carbonyl (C=O) groups excluding carboxylic acids is 3. The van der Waals surface area contributed by atoms with Gasteiger partial charge in [0.05, 0.1) is 5.69 Å². The molecule has 1 aromatic carbocycles. The molecular formula is C16H11IN2O4. The summed E-state index contributed by atoms with van der Waals surface area (Å²) in [5.74, 6) is -0.948. The molecule has 2 aromatic rings. The van der Waals surface area contributed by atoms with Gasteiger partial charge in [-0.1, -0.05) is 18.2 Å². The van der Waals surface area contributed by atoms with E-state index in [0.717, 1.165) is 9.80 Å². The standard InChI is InChI=1S/C16H11IN2O4/c1-18-14(20)12(9-11-7-8-13(17)23-11)15(21)19(16(18)22)10-5-3-2-4-6-10/h2-9H,1H3/b12-9+. The van der Waals surface area contributed by atoms with Crippen molar-refractivity contribution in [2.45, 2.75) is 0 Å². The number of imide groups is 2. The molecule has 0 aliphatic carbocycles. The van der Waals surface area contributed by atoms with E-state index in [9.17, 15) is 14.4 Å². The summed E-state index contributed by atoms with van der Waals surface area (Å²) in [5, 5.41) is 0. The Hall–Kier alpha value is -2.42. The van der Waals surface area contributed by atoms with Gasteiger partial charge < -0.3 is 4.42 Å². The van der Waals surface area contributed by atoms with E-state index in [1.165, 1.54) is 13.1 Å². The van der Waals surface area contributed by atoms with Crippen LogP contribution in [0.2, 0.25) is 0 Å². The van der Waals surface area contributed by atoms with Gasteiger partial charge in [-0.3, -0.25) is 14.5 Å². The van der Waals surface area contributed by atoms with Crippen LogP contribution in [0.5, 0.6) is 0 Å². The molecule has 0 radical (unpaired) electrons. The molecule has 2 heterocycles. The van der Waals surface area contributed by atoms with E-state index in [1.54, 1.807) is 42.5 Å². The summed E-state index contributed by atoms with van der Waals surface area (Å²) >= 11 is 1.99. The highest BCUT2D eigenvalue weighted by Crippen LogP contribution is 2.25. The Morgan fingerprint density at radius 3 is 2.30 bits per heavy atom. The van der Waals surface area contributed by atoms with Gasteiger partial charge >= 0.3 is 6.03 Å². The molecule has 7 heteroatoms. The number of para-hydroxylation sites is 1. The second-order valence-electron chi connectivity index (χ2n) is 4.82. The number of carbonyl (C=O) groups is 3. The van der Waals surface area contributed by atoms with Gasteiger partial charge in [0.1, 0.15) is 11.3 Å². The molecule has 1 aliphatic rings. The third-order valence-corrected chi connectivity index (χ3v) is 3.92. The van der Waals surface area contributed by atoms with Gasteiger partial charge in [-0.25, -0.2) is 9.69 Å². The van der Waals surface area contributed by atoms with Crippen LogP contribution in [0.25, 0.3) is 6.08 Å². The van der Waals surface area contributed by atoms with Crippen LogP contribution in [0.3, 0.4) is 0 Å². The maximum absolute atomic E-state index is 12.6. The Morgan fingerprint density at radius 1 is 1.00 bits per heavy atom. The second kappa shape index (κ2) is 5.99. The normalized spacial score (nSPS) is 17.3. The number of hydrogen-bond donors (Lipinski definition) is 0. The molecule has 6 nitrogen and oxygen atoms in total. The smallest absolute Gasteiger partial charge is 0.338 e. The number of amides is 4. The zero-order valence-electron chi connectivity index (χ0n) is 12.0. The van der Waals surface area contributed by atoms with E-state index in [0.29, 0.717) is 15.2 Å². The van der Waals surface area contributed by atoms with Crippen molar-refractivity contribution < 1.29 is 18.8 Å². The lowest BCUT2D eigenvalue weighted by atomic mass is 10.1. The molecule has 1 fully saturated rings. The SMILES string of the molecule is CN1C(=O)/C(=C\c2ccc(I)o2)C(=O)N(c2ccccc2)C1=O. The molecule has 0 saturated carbocycles. The molecule has 1 saturated heterocycles. The number of furan rings is 1. The van der Waals surface area contributed by atoms with E-state index in [-0.39, 0.29) is 5.57 Å². The number of barbiturate groups is 1. The van der Waals surface area contributed by atoms with E-state index >= 15 is 0 Å². The molecule has 1 aromatic heterocycles. The number of benzene rings is 1. The Kier molecular flexibility index (Phi) is 4.03. The van der Waals surface area contributed by atoms with Gasteiger partial charge in [-0.15, -0.1) is 0 Å². The van der Waals surface area contributed by atoms with E-state index in [1.807, 2.05) is 22.6 Å². The molecule has 0 unspecified atom stereocenters. The zero-order chi connectivity index (χ0) is 16.6. The largest absolute Gasteiger partial charge is 0.451 e. The Labute approximate surface area is 145 Å². The van der Waals surface area contributed by atoms with Crippen LogP contribution in [0.15, 0.2) is 52.5 Å². The van der Waals surface area contributed by atoms with Crippen molar-refractivity contribution in [3.63, 3.8) is 0 Å². The average molecular weight is 422 g/mol. The van der Waals surface area contributed by atoms with Crippen LogP contribution in [0.1, 0.15) is 5.76 Å². The Morgan fingerprint density at radius 2 is 1.70 bits per heavy atom. The molecule has 1 aliphatic heterocycles. The van der Waals surface area contributed by atoms with Crippen molar-refractivity contribution in [2.24, 2.45) is 0 Å². The van der Waals surface area contributed by atoms with Crippen LogP contribution in [0.4, 0.5) is 10.5 Å². The lowest BCUT2D eigenvalue weighted by molar-refractivity contribution is -0.128. The van der Waals surface area contributed by atoms with Gasteiger partial charge in [0.25, 0.3) is 11.8 Å². The molecule has 0 atom stereocenters. The first-order chi connectivity index (χ1) is 11.0. The molecule has 116 valence electrons. The number of halogens is 1. The maximum atomic E-state index is 12.6. The minimum Gasteiger partial charge on any atom is -0.451 e. The minimum absolute atomic E-state index is 0.123. The molecule has 0 bridgehead atoms. The van der Waals surface area contributed by atoms with Gasteiger partial charge in [0, 0.05) is 7.05 Å². The average Bonchev–Trinajstić information content (AvgIpc) is 2.96. The van der Waals surface area contributed by atoms with Crippen LogP contribution < -0.4 is 4.90 Å². The lowest BCUT2D eigenvalue weighted by Crippen LogP contribution is -2.55. The highest BCUT2D eigenvalue weighted by molar-refractivity contribution is 14.1. The van der Waals surface area contributed by atoms with E-state index in [4.69, 9.17) is 4.42 Å². The first-order valence-corrected chi connectivity index (χ1v) is 7.75. The zero-order valence-corrected chi connectivity index (χ0v) is 14.2.